The van der Waals surface area contributed by atoms with Crippen molar-refractivity contribution in [2.45, 2.75) is 44.9 Å². The highest BCUT2D eigenvalue weighted by Gasteiger charge is 2.40. The van der Waals surface area contributed by atoms with Crippen molar-refractivity contribution in [2.24, 2.45) is 23.7 Å². The fourth-order valence-electron chi connectivity index (χ4n) is 3.49. The Bertz CT molecular complexity index is 338. The van der Waals surface area contributed by atoms with Crippen molar-refractivity contribution in [1.29, 1.82) is 0 Å². The second-order valence-electron chi connectivity index (χ2n) is 5.95. The molecule has 3 atom stereocenters. The molecule has 4 nitrogen and oxygen atoms in total. The summed E-state index contributed by atoms with van der Waals surface area (Å²) in [6, 6.07) is 0. The molecule has 0 aliphatic heterocycles. The normalized spacial score (nSPS) is 34.7. The minimum Gasteiger partial charge on any atom is -0.273 e. The van der Waals surface area contributed by atoms with Crippen LogP contribution in [0.4, 0.5) is 0 Å². The standard InChI is InChI=1S/C13H20N2O2/c16-12(14-15-13(17)9-3-4-9)7-11-6-8-1-2-10(11)5-8/h8-11H,1-7H2,(H,14,16)(H,15,17)/t8-,10+,11-/m0/s1. The number of carbonyl (C=O) groups excluding carboxylic acids is 2. The molecule has 3 fully saturated rings. The number of amides is 2. The molecule has 2 amide bonds. The van der Waals surface area contributed by atoms with Gasteiger partial charge in [0, 0.05) is 12.3 Å². The van der Waals surface area contributed by atoms with Gasteiger partial charge < -0.3 is 0 Å². The zero-order valence-corrected chi connectivity index (χ0v) is 10.1. The number of hydrogen-bond donors (Lipinski definition) is 2. The molecule has 3 aliphatic carbocycles. The second kappa shape index (κ2) is 4.31. The first-order valence-corrected chi connectivity index (χ1v) is 6.81. The molecule has 94 valence electrons. The van der Waals surface area contributed by atoms with Gasteiger partial charge in [0.2, 0.25) is 11.8 Å². The first kappa shape index (κ1) is 11.1. The Hall–Kier alpha value is -1.06. The summed E-state index contributed by atoms with van der Waals surface area (Å²) in [7, 11) is 0. The van der Waals surface area contributed by atoms with E-state index in [0.717, 1.165) is 24.7 Å². The number of nitrogens with one attached hydrogen (secondary N) is 2. The molecule has 2 bridgehead atoms. The van der Waals surface area contributed by atoms with Crippen LogP contribution in [-0.2, 0) is 9.59 Å². The first-order valence-electron chi connectivity index (χ1n) is 6.81. The van der Waals surface area contributed by atoms with E-state index < -0.39 is 0 Å². The van der Waals surface area contributed by atoms with Crippen LogP contribution >= 0.6 is 0 Å². The Kier molecular flexibility index (Phi) is 2.81. The third-order valence-corrected chi connectivity index (χ3v) is 4.61. The van der Waals surface area contributed by atoms with Gasteiger partial charge in [0.15, 0.2) is 0 Å². The van der Waals surface area contributed by atoms with Crippen LogP contribution in [0.15, 0.2) is 0 Å². The van der Waals surface area contributed by atoms with Crippen LogP contribution in [0.2, 0.25) is 0 Å². The van der Waals surface area contributed by atoms with Gasteiger partial charge in [-0.05, 0) is 49.9 Å². The van der Waals surface area contributed by atoms with Gasteiger partial charge in [-0.3, -0.25) is 20.4 Å². The van der Waals surface area contributed by atoms with E-state index in [4.69, 9.17) is 0 Å². The summed E-state index contributed by atoms with van der Waals surface area (Å²) < 4.78 is 0. The molecular formula is C13H20N2O2. The van der Waals surface area contributed by atoms with Crippen molar-refractivity contribution >= 4 is 11.8 Å². The van der Waals surface area contributed by atoms with Crippen LogP contribution in [0.3, 0.4) is 0 Å². The second-order valence-corrected chi connectivity index (χ2v) is 5.95. The van der Waals surface area contributed by atoms with Crippen LogP contribution in [-0.4, -0.2) is 11.8 Å². The van der Waals surface area contributed by atoms with Gasteiger partial charge in [-0.15, -0.1) is 0 Å². The lowest BCUT2D eigenvalue weighted by atomic mass is 9.86. The van der Waals surface area contributed by atoms with E-state index in [0.29, 0.717) is 12.3 Å². The van der Waals surface area contributed by atoms with E-state index in [1.807, 2.05) is 0 Å². The Morgan fingerprint density at radius 1 is 1.00 bits per heavy atom. The highest BCUT2D eigenvalue weighted by molar-refractivity contribution is 5.84. The monoisotopic (exact) mass is 236 g/mol. The molecule has 17 heavy (non-hydrogen) atoms. The lowest BCUT2D eigenvalue weighted by Gasteiger charge is -2.20. The van der Waals surface area contributed by atoms with Crippen LogP contribution < -0.4 is 10.9 Å². The largest absolute Gasteiger partial charge is 0.273 e. The van der Waals surface area contributed by atoms with E-state index in [9.17, 15) is 9.59 Å². The predicted octanol–water partition coefficient (Wildman–Crippen LogP) is 1.37. The van der Waals surface area contributed by atoms with Gasteiger partial charge in [-0.25, -0.2) is 0 Å². The van der Waals surface area contributed by atoms with E-state index in [1.54, 1.807) is 0 Å². The molecule has 0 spiro atoms. The molecule has 0 aromatic rings. The maximum atomic E-state index is 11.7. The van der Waals surface area contributed by atoms with E-state index in [2.05, 4.69) is 10.9 Å². The summed E-state index contributed by atoms with van der Waals surface area (Å²) in [6.45, 7) is 0. The maximum Gasteiger partial charge on any atom is 0.241 e. The van der Waals surface area contributed by atoms with Crippen molar-refractivity contribution in [3.8, 4) is 0 Å². The number of rotatable bonds is 3. The third-order valence-electron chi connectivity index (χ3n) is 4.61. The summed E-state index contributed by atoms with van der Waals surface area (Å²) in [6.07, 6.45) is 7.73. The van der Waals surface area contributed by atoms with Crippen molar-refractivity contribution in [3.63, 3.8) is 0 Å². The van der Waals surface area contributed by atoms with E-state index in [-0.39, 0.29) is 17.7 Å². The summed E-state index contributed by atoms with van der Waals surface area (Å²) in [5.41, 5.74) is 5.08. The van der Waals surface area contributed by atoms with Gasteiger partial charge in [-0.1, -0.05) is 6.42 Å². The molecule has 0 saturated heterocycles. The maximum absolute atomic E-state index is 11.7. The minimum absolute atomic E-state index is 0.0171. The molecule has 4 heteroatoms. The molecule has 3 saturated carbocycles. The molecule has 0 heterocycles. The fraction of sp³-hybridized carbons (Fsp3) is 0.846. The van der Waals surface area contributed by atoms with Crippen LogP contribution in [0.1, 0.15) is 44.9 Å². The Morgan fingerprint density at radius 2 is 1.82 bits per heavy atom. The molecule has 0 radical (unpaired) electrons. The highest BCUT2D eigenvalue weighted by atomic mass is 16.2. The lowest BCUT2D eigenvalue weighted by Crippen LogP contribution is -2.43. The number of hydrazine groups is 1. The molecule has 0 aromatic heterocycles. The van der Waals surface area contributed by atoms with Crippen molar-refractivity contribution in [2.75, 3.05) is 0 Å². The number of carbonyl (C=O) groups is 2. The van der Waals surface area contributed by atoms with E-state index in [1.165, 1.54) is 25.7 Å². The Balaban J connectivity index is 1.39. The van der Waals surface area contributed by atoms with Crippen molar-refractivity contribution in [3.05, 3.63) is 0 Å². The SMILES string of the molecule is O=C(C[C@@H]1C[C@H]2CC[C@@H]1C2)NNC(=O)C1CC1. The minimum atomic E-state index is -0.0220. The topological polar surface area (TPSA) is 58.2 Å². The fourth-order valence-corrected chi connectivity index (χ4v) is 3.49. The zero-order chi connectivity index (χ0) is 11.8. The quantitative estimate of drug-likeness (QED) is 0.727. The zero-order valence-electron chi connectivity index (χ0n) is 10.1. The van der Waals surface area contributed by atoms with Gasteiger partial charge >= 0.3 is 0 Å². The van der Waals surface area contributed by atoms with Gasteiger partial charge in [-0.2, -0.15) is 0 Å². The number of hydrogen-bond acceptors (Lipinski definition) is 2. The predicted molar refractivity (Wildman–Crippen MR) is 62.6 cm³/mol. The molecule has 2 N–H and O–H groups in total. The molecule has 0 aromatic carbocycles. The Morgan fingerprint density at radius 3 is 2.41 bits per heavy atom. The summed E-state index contributed by atoms with van der Waals surface area (Å²) in [4.78, 5) is 23.0. The van der Waals surface area contributed by atoms with Crippen LogP contribution in [0.5, 0.6) is 0 Å². The molecule has 0 unspecified atom stereocenters. The molecular weight excluding hydrogens is 216 g/mol. The lowest BCUT2D eigenvalue weighted by molar-refractivity contribution is -0.130. The van der Waals surface area contributed by atoms with Gasteiger partial charge in [0.05, 0.1) is 0 Å². The summed E-state index contributed by atoms with van der Waals surface area (Å²) in [5.74, 6) is 2.32. The molecule has 3 aliphatic rings. The smallest absolute Gasteiger partial charge is 0.241 e. The van der Waals surface area contributed by atoms with Gasteiger partial charge in [0.1, 0.15) is 0 Å². The number of fused-ring (bicyclic) bond motifs is 2. The van der Waals surface area contributed by atoms with Crippen molar-refractivity contribution in [1.82, 2.24) is 10.9 Å². The summed E-state index contributed by atoms with van der Waals surface area (Å²) in [5, 5.41) is 0. The van der Waals surface area contributed by atoms with Crippen LogP contribution in [0.25, 0.3) is 0 Å². The van der Waals surface area contributed by atoms with Crippen LogP contribution in [0, 0.1) is 23.7 Å². The van der Waals surface area contributed by atoms with Crippen molar-refractivity contribution < 1.29 is 9.59 Å². The van der Waals surface area contributed by atoms with E-state index >= 15 is 0 Å². The molecule has 3 rings (SSSR count). The Labute approximate surface area is 101 Å². The highest BCUT2D eigenvalue weighted by Crippen LogP contribution is 2.49. The first-order chi connectivity index (χ1) is 8.22. The third kappa shape index (κ3) is 2.45. The van der Waals surface area contributed by atoms with Gasteiger partial charge in [0.25, 0.3) is 0 Å². The average molecular weight is 236 g/mol. The average Bonchev–Trinajstić information content (AvgIpc) is 2.97. The summed E-state index contributed by atoms with van der Waals surface area (Å²) >= 11 is 0.